The number of carbonyl (C=O) groups excluding carboxylic acids is 1. The van der Waals surface area contributed by atoms with Gasteiger partial charge in [0.2, 0.25) is 0 Å². The Kier molecular flexibility index (Phi) is 2.32. The summed E-state index contributed by atoms with van der Waals surface area (Å²) >= 11 is 0. The van der Waals surface area contributed by atoms with E-state index in [1.807, 2.05) is 6.92 Å². The second-order valence-electron chi connectivity index (χ2n) is 2.46. The molecule has 0 aromatic carbocycles. The summed E-state index contributed by atoms with van der Waals surface area (Å²) in [7, 11) is 1.72. The summed E-state index contributed by atoms with van der Waals surface area (Å²) in [6, 6.07) is 0. The normalized spacial score (nSPS) is 9.83. The zero-order valence-corrected chi connectivity index (χ0v) is 7.16. The van der Waals surface area contributed by atoms with Crippen molar-refractivity contribution >= 4 is 11.7 Å². The number of anilines is 1. The van der Waals surface area contributed by atoms with Crippen LogP contribution in [0.15, 0.2) is 6.20 Å². The van der Waals surface area contributed by atoms with Crippen LogP contribution in [0.2, 0.25) is 0 Å². The van der Waals surface area contributed by atoms with Crippen molar-refractivity contribution in [1.29, 1.82) is 0 Å². The summed E-state index contributed by atoms with van der Waals surface area (Å²) in [4.78, 5) is 11.2. The summed E-state index contributed by atoms with van der Waals surface area (Å²) in [5.41, 5.74) is 5.91. The van der Waals surface area contributed by atoms with Crippen molar-refractivity contribution in [3.05, 3.63) is 11.8 Å². The first-order chi connectivity index (χ1) is 5.65. The molecule has 0 saturated heterocycles. The number of hydrogen-bond acceptors (Lipinski definition) is 3. The van der Waals surface area contributed by atoms with Crippen LogP contribution in [0.3, 0.4) is 0 Å². The van der Waals surface area contributed by atoms with Crippen LogP contribution in [0.5, 0.6) is 0 Å². The average Bonchev–Trinajstić information content (AvgIpc) is 2.30. The van der Waals surface area contributed by atoms with Crippen molar-refractivity contribution < 1.29 is 4.79 Å². The highest BCUT2D eigenvalue weighted by Crippen LogP contribution is 2.06. The molecule has 0 fully saturated rings. The van der Waals surface area contributed by atoms with E-state index in [0.29, 0.717) is 12.1 Å². The van der Waals surface area contributed by atoms with Gasteiger partial charge in [-0.15, -0.1) is 0 Å². The zero-order chi connectivity index (χ0) is 9.14. The third-order valence-corrected chi connectivity index (χ3v) is 1.44. The van der Waals surface area contributed by atoms with Gasteiger partial charge < -0.3 is 11.1 Å². The molecule has 0 aliphatic heterocycles. The maximum absolute atomic E-state index is 11.2. The van der Waals surface area contributed by atoms with E-state index in [2.05, 4.69) is 10.4 Å². The number of carbonyl (C=O) groups is 1. The van der Waals surface area contributed by atoms with Crippen LogP contribution < -0.4 is 11.1 Å². The van der Waals surface area contributed by atoms with Gasteiger partial charge in [-0.05, 0) is 6.92 Å². The summed E-state index contributed by atoms with van der Waals surface area (Å²) < 4.78 is 1.51. The quantitative estimate of drug-likeness (QED) is 0.639. The Morgan fingerprint density at radius 1 is 1.83 bits per heavy atom. The van der Waals surface area contributed by atoms with Gasteiger partial charge >= 0.3 is 0 Å². The van der Waals surface area contributed by atoms with E-state index in [-0.39, 0.29) is 11.7 Å². The fourth-order valence-corrected chi connectivity index (χ4v) is 0.936. The number of nitrogens with one attached hydrogen (secondary N) is 1. The fourth-order valence-electron chi connectivity index (χ4n) is 0.936. The number of amides is 1. The maximum atomic E-state index is 11.2. The zero-order valence-electron chi connectivity index (χ0n) is 7.16. The van der Waals surface area contributed by atoms with Crippen molar-refractivity contribution in [2.24, 2.45) is 7.05 Å². The lowest BCUT2D eigenvalue weighted by molar-refractivity contribution is 0.0956. The van der Waals surface area contributed by atoms with E-state index in [9.17, 15) is 4.79 Å². The molecule has 1 aromatic heterocycles. The van der Waals surface area contributed by atoms with Gasteiger partial charge in [0.1, 0.15) is 5.56 Å². The Morgan fingerprint density at radius 2 is 2.50 bits per heavy atom. The van der Waals surface area contributed by atoms with Gasteiger partial charge in [0.25, 0.3) is 5.91 Å². The summed E-state index contributed by atoms with van der Waals surface area (Å²) in [5.74, 6) is 0.0894. The molecule has 0 aliphatic rings. The van der Waals surface area contributed by atoms with Crippen LogP contribution >= 0.6 is 0 Å². The van der Waals surface area contributed by atoms with E-state index < -0.39 is 0 Å². The molecule has 0 radical (unpaired) electrons. The first kappa shape index (κ1) is 8.58. The molecular weight excluding hydrogens is 156 g/mol. The van der Waals surface area contributed by atoms with Gasteiger partial charge in [0, 0.05) is 19.8 Å². The molecule has 12 heavy (non-hydrogen) atoms. The third-order valence-electron chi connectivity index (χ3n) is 1.44. The van der Waals surface area contributed by atoms with Crippen LogP contribution in [0, 0.1) is 0 Å². The summed E-state index contributed by atoms with van der Waals surface area (Å²) in [6.45, 7) is 2.44. The predicted octanol–water partition coefficient (Wildman–Crippen LogP) is -0.248. The average molecular weight is 168 g/mol. The minimum absolute atomic E-state index is 0.178. The van der Waals surface area contributed by atoms with Crippen LogP contribution in [0.4, 0.5) is 5.82 Å². The monoisotopic (exact) mass is 168 g/mol. The molecular formula is C7H12N4O. The highest BCUT2D eigenvalue weighted by atomic mass is 16.1. The Morgan fingerprint density at radius 3 is 2.92 bits per heavy atom. The molecule has 0 aliphatic carbocycles. The topological polar surface area (TPSA) is 72.9 Å². The number of aromatic nitrogens is 2. The maximum Gasteiger partial charge on any atom is 0.256 e. The lowest BCUT2D eigenvalue weighted by atomic mass is 10.3. The molecule has 66 valence electrons. The summed E-state index contributed by atoms with van der Waals surface area (Å²) in [6.07, 6.45) is 1.60. The number of aryl methyl sites for hydroxylation is 1. The van der Waals surface area contributed by atoms with E-state index in [4.69, 9.17) is 5.73 Å². The molecule has 3 N–H and O–H groups in total. The number of nitrogens with two attached hydrogens (primary N) is 1. The SMILES string of the molecule is CCNC(=O)c1cn(C)nc1N. The lowest BCUT2D eigenvalue weighted by Crippen LogP contribution is -2.23. The molecule has 1 heterocycles. The minimum Gasteiger partial charge on any atom is -0.382 e. The van der Waals surface area contributed by atoms with E-state index in [1.165, 1.54) is 4.68 Å². The van der Waals surface area contributed by atoms with Crippen molar-refractivity contribution in [1.82, 2.24) is 15.1 Å². The van der Waals surface area contributed by atoms with Crippen molar-refractivity contribution in [2.75, 3.05) is 12.3 Å². The number of hydrogen-bond donors (Lipinski definition) is 2. The Hall–Kier alpha value is -1.52. The van der Waals surface area contributed by atoms with Gasteiger partial charge in [-0.25, -0.2) is 0 Å². The number of rotatable bonds is 2. The molecule has 0 unspecified atom stereocenters. The van der Waals surface area contributed by atoms with Gasteiger partial charge in [-0.1, -0.05) is 0 Å². The first-order valence-corrected chi connectivity index (χ1v) is 3.72. The molecule has 1 amide bonds. The Bertz CT molecular complexity index is 292. The first-order valence-electron chi connectivity index (χ1n) is 3.72. The van der Waals surface area contributed by atoms with Gasteiger partial charge in [0.05, 0.1) is 0 Å². The van der Waals surface area contributed by atoms with Crippen LogP contribution in [-0.2, 0) is 7.05 Å². The van der Waals surface area contributed by atoms with Crippen LogP contribution in [0.1, 0.15) is 17.3 Å². The fraction of sp³-hybridized carbons (Fsp3) is 0.429. The smallest absolute Gasteiger partial charge is 0.256 e. The van der Waals surface area contributed by atoms with E-state index in [0.717, 1.165) is 0 Å². The highest BCUT2D eigenvalue weighted by molar-refractivity contribution is 5.98. The number of nitrogens with zero attached hydrogens (tertiary/aromatic N) is 2. The molecule has 1 rings (SSSR count). The number of nitrogen functional groups attached to an aromatic ring is 1. The molecule has 5 nitrogen and oxygen atoms in total. The van der Waals surface area contributed by atoms with Gasteiger partial charge in [-0.3, -0.25) is 9.48 Å². The lowest BCUT2D eigenvalue weighted by Gasteiger charge is -1.97. The summed E-state index contributed by atoms with van der Waals surface area (Å²) in [5, 5.41) is 6.49. The van der Waals surface area contributed by atoms with Gasteiger partial charge in [0.15, 0.2) is 5.82 Å². The third kappa shape index (κ3) is 1.55. The Labute approximate surface area is 70.5 Å². The van der Waals surface area contributed by atoms with E-state index in [1.54, 1.807) is 13.2 Å². The van der Waals surface area contributed by atoms with Crippen LogP contribution in [-0.4, -0.2) is 22.2 Å². The second-order valence-corrected chi connectivity index (χ2v) is 2.46. The molecule has 5 heteroatoms. The molecule has 0 bridgehead atoms. The molecule has 0 saturated carbocycles. The highest BCUT2D eigenvalue weighted by Gasteiger charge is 2.11. The van der Waals surface area contributed by atoms with E-state index >= 15 is 0 Å². The van der Waals surface area contributed by atoms with Crippen molar-refractivity contribution in [2.45, 2.75) is 6.92 Å². The predicted molar refractivity (Wildman–Crippen MR) is 45.6 cm³/mol. The van der Waals surface area contributed by atoms with Crippen molar-refractivity contribution in [3.8, 4) is 0 Å². The standard InChI is InChI=1S/C7H12N4O/c1-3-9-7(12)5-4-11(2)10-6(5)8/h4H,3H2,1-2H3,(H2,8,10)(H,9,12). The second kappa shape index (κ2) is 3.25. The van der Waals surface area contributed by atoms with Crippen molar-refractivity contribution in [3.63, 3.8) is 0 Å². The molecule has 0 atom stereocenters. The molecule has 0 spiro atoms. The van der Waals surface area contributed by atoms with Crippen LogP contribution in [0.25, 0.3) is 0 Å². The minimum atomic E-state index is -0.178. The van der Waals surface area contributed by atoms with Gasteiger partial charge in [-0.2, -0.15) is 5.10 Å². The largest absolute Gasteiger partial charge is 0.382 e. The molecule has 1 aromatic rings. The Balaban J connectivity index is 2.87.